The van der Waals surface area contributed by atoms with Gasteiger partial charge < -0.3 is 14.5 Å². The molecular formula is C21H31O5P. The summed E-state index contributed by atoms with van der Waals surface area (Å²) >= 11 is 0. The fourth-order valence-corrected chi connectivity index (χ4v) is 3.76. The molecule has 0 heterocycles. The first-order valence-electron chi connectivity index (χ1n) is 9.32. The molecule has 0 spiro atoms. The second-order valence-electron chi connectivity index (χ2n) is 8.76. The molecule has 5 nitrogen and oxygen atoms in total. The topological polar surface area (TPSA) is 83.8 Å². The van der Waals surface area contributed by atoms with Gasteiger partial charge >= 0.3 is 7.60 Å². The molecule has 2 N–H and O–H groups in total. The van der Waals surface area contributed by atoms with Crippen LogP contribution >= 0.6 is 7.60 Å². The number of benzene rings is 1. The van der Waals surface area contributed by atoms with Crippen molar-refractivity contribution >= 4 is 19.5 Å². The maximum atomic E-state index is 12.5. The average Bonchev–Trinajstić information content (AvgIpc) is 2.56. The van der Waals surface area contributed by atoms with Crippen LogP contribution in [0.4, 0.5) is 0 Å². The number of methoxy groups -OCH3 is 1. The molecule has 0 aromatic heterocycles. The van der Waals surface area contributed by atoms with Crippen molar-refractivity contribution in [2.45, 2.75) is 70.9 Å². The van der Waals surface area contributed by atoms with Crippen LogP contribution in [-0.4, -0.2) is 27.8 Å². The van der Waals surface area contributed by atoms with Crippen molar-refractivity contribution in [2.24, 2.45) is 0 Å². The van der Waals surface area contributed by atoms with Gasteiger partial charge in [-0.25, -0.2) is 0 Å². The lowest BCUT2D eigenvalue weighted by atomic mass is 9.78. The van der Waals surface area contributed by atoms with Crippen molar-refractivity contribution in [1.82, 2.24) is 0 Å². The Balaban J connectivity index is 2.57. The fourth-order valence-electron chi connectivity index (χ4n) is 3.40. The van der Waals surface area contributed by atoms with Crippen molar-refractivity contribution < 1.29 is 23.9 Å². The van der Waals surface area contributed by atoms with Gasteiger partial charge in [-0.2, -0.15) is 0 Å². The second kappa shape index (κ2) is 7.54. The van der Waals surface area contributed by atoms with Gasteiger partial charge in [-0.3, -0.25) is 9.36 Å². The van der Waals surface area contributed by atoms with E-state index in [9.17, 15) is 19.1 Å². The van der Waals surface area contributed by atoms with E-state index in [-0.39, 0.29) is 5.41 Å². The molecule has 1 aromatic carbocycles. The Morgan fingerprint density at radius 2 is 1.67 bits per heavy atom. The van der Waals surface area contributed by atoms with Crippen LogP contribution in [0.15, 0.2) is 12.1 Å². The second-order valence-corrected chi connectivity index (χ2v) is 11.0. The third-order valence-electron chi connectivity index (χ3n) is 5.39. The number of carbonyl (C=O) groups is 1. The highest BCUT2D eigenvalue weighted by atomic mass is 31.2. The Morgan fingerprint density at radius 1 is 1.11 bits per heavy atom. The van der Waals surface area contributed by atoms with Crippen LogP contribution in [0.3, 0.4) is 0 Å². The molecule has 2 rings (SSSR count). The Kier molecular flexibility index (Phi) is 6.11. The molecule has 0 aliphatic heterocycles. The van der Waals surface area contributed by atoms with Gasteiger partial charge in [-0.15, -0.1) is 0 Å². The Morgan fingerprint density at radius 3 is 2.15 bits per heavy atom. The summed E-state index contributed by atoms with van der Waals surface area (Å²) in [5.41, 5.74) is 4.24. The third-order valence-corrected chi connectivity index (χ3v) is 7.07. The molecule has 1 aromatic rings. The predicted molar refractivity (Wildman–Crippen MR) is 109 cm³/mol. The molecule has 27 heavy (non-hydrogen) atoms. The summed E-state index contributed by atoms with van der Waals surface area (Å²) in [6.07, 6.45) is 7.04. The molecule has 6 heteroatoms. The van der Waals surface area contributed by atoms with Gasteiger partial charge in [0.05, 0.1) is 7.11 Å². The van der Waals surface area contributed by atoms with E-state index in [0.717, 1.165) is 42.6 Å². The number of hydrogen-bond acceptors (Lipinski definition) is 3. The number of rotatable bonds is 5. The number of fused-ring (bicyclic) bond motifs is 1. The van der Waals surface area contributed by atoms with Crippen molar-refractivity contribution in [1.29, 1.82) is 0 Å². The molecule has 0 unspecified atom stereocenters. The normalized spacial score (nSPS) is 15.7. The van der Waals surface area contributed by atoms with Gasteiger partial charge in [0.1, 0.15) is 10.9 Å². The molecular weight excluding hydrogens is 363 g/mol. The minimum atomic E-state index is -4.54. The highest BCUT2D eigenvalue weighted by Crippen LogP contribution is 2.50. The lowest BCUT2D eigenvalue weighted by Crippen LogP contribution is -2.29. The summed E-state index contributed by atoms with van der Waals surface area (Å²) in [5, 5.41) is -1.73. The van der Waals surface area contributed by atoms with Gasteiger partial charge in [0.25, 0.3) is 0 Å². The third kappa shape index (κ3) is 4.37. The summed E-state index contributed by atoms with van der Waals surface area (Å²) in [4.78, 5) is 31.4. The van der Waals surface area contributed by atoms with Gasteiger partial charge in [-0.05, 0) is 73.8 Å². The van der Waals surface area contributed by atoms with E-state index in [4.69, 9.17) is 4.74 Å². The van der Waals surface area contributed by atoms with Crippen LogP contribution in [0.2, 0.25) is 0 Å². The summed E-state index contributed by atoms with van der Waals surface area (Å²) < 4.78 is 17.4. The predicted octanol–water partition coefficient (Wildman–Crippen LogP) is 4.41. The standard InChI is InChI=1S/C21H31O5P/c1-20(2,3)17-13-14(11-12-18(22)21(4,5)27(23,24)25)15-9-7-8-10-16(15)19(17)26-6/h11-13H,7-10H2,1-6H3,(H2,23,24,25). The van der Waals surface area contributed by atoms with Gasteiger partial charge in [0, 0.05) is 5.56 Å². The van der Waals surface area contributed by atoms with E-state index in [0.29, 0.717) is 0 Å². The van der Waals surface area contributed by atoms with Crippen LogP contribution in [0, 0.1) is 0 Å². The van der Waals surface area contributed by atoms with E-state index in [2.05, 4.69) is 26.8 Å². The minimum absolute atomic E-state index is 0.129. The molecule has 0 atom stereocenters. The first kappa shape index (κ1) is 21.9. The number of ether oxygens (including phenoxy) is 1. The van der Waals surface area contributed by atoms with Crippen LogP contribution in [-0.2, 0) is 27.6 Å². The molecule has 0 saturated carbocycles. The minimum Gasteiger partial charge on any atom is -0.496 e. The summed E-state index contributed by atoms with van der Waals surface area (Å²) in [7, 11) is -2.84. The number of hydrogen-bond donors (Lipinski definition) is 2. The van der Waals surface area contributed by atoms with Gasteiger partial charge in [0.2, 0.25) is 0 Å². The molecule has 1 aliphatic rings. The van der Waals surface area contributed by atoms with Crippen LogP contribution < -0.4 is 4.74 Å². The van der Waals surface area contributed by atoms with E-state index in [1.165, 1.54) is 31.1 Å². The van der Waals surface area contributed by atoms with Crippen molar-refractivity contribution in [3.05, 3.63) is 34.4 Å². The lowest BCUT2D eigenvalue weighted by molar-refractivity contribution is -0.116. The molecule has 0 bridgehead atoms. The quantitative estimate of drug-likeness (QED) is 0.571. The first-order chi connectivity index (χ1) is 12.3. The zero-order chi connectivity index (χ0) is 20.6. The van der Waals surface area contributed by atoms with Crippen molar-refractivity contribution in [3.8, 4) is 5.75 Å². The van der Waals surface area contributed by atoms with E-state index < -0.39 is 18.5 Å². The number of ketones is 1. The zero-order valence-electron chi connectivity index (χ0n) is 17.1. The van der Waals surface area contributed by atoms with Crippen molar-refractivity contribution in [2.75, 3.05) is 7.11 Å². The molecule has 0 radical (unpaired) electrons. The maximum absolute atomic E-state index is 12.5. The van der Waals surface area contributed by atoms with E-state index in [1.54, 1.807) is 13.2 Å². The van der Waals surface area contributed by atoms with E-state index in [1.807, 2.05) is 0 Å². The summed E-state index contributed by atoms with van der Waals surface area (Å²) in [6.45, 7) is 8.93. The molecule has 0 saturated heterocycles. The first-order valence-corrected chi connectivity index (χ1v) is 10.9. The van der Waals surface area contributed by atoms with Crippen molar-refractivity contribution in [3.63, 3.8) is 0 Å². The highest BCUT2D eigenvalue weighted by molar-refractivity contribution is 7.54. The smallest absolute Gasteiger partial charge is 0.338 e. The fraction of sp³-hybridized carbons (Fsp3) is 0.571. The van der Waals surface area contributed by atoms with Gasteiger partial charge in [-0.1, -0.05) is 26.8 Å². The Labute approximate surface area is 162 Å². The van der Waals surface area contributed by atoms with Crippen LogP contribution in [0.1, 0.15) is 69.7 Å². The number of carbonyl (C=O) groups excluding carboxylic acids is 1. The highest BCUT2D eigenvalue weighted by Gasteiger charge is 2.43. The summed E-state index contributed by atoms with van der Waals surface area (Å²) in [6, 6.07) is 2.05. The molecule has 150 valence electrons. The Hall–Kier alpha value is -1.42. The van der Waals surface area contributed by atoms with Crippen LogP contribution in [0.5, 0.6) is 5.75 Å². The van der Waals surface area contributed by atoms with E-state index >= 15 is 0 Å². The number of allylic oxidation sites excluding steroid dienone is 1. The zero-order valence-corrected chi connectivity index (χ0v) is 18.0. The molecule has 1 aliphatic carbocycles. The van der Waals surface area contributed by atoms with Gasteiger partial charge in [0.15, 0.2) is 5.78 Å². The Bertz CT molecular complexity index is 809. The monoisotopic (exact) mass is 394 g/mol. The van der Waals surface area contributed by atoms with Crippen LogP contribution in [0.25, 0.3) is 6.08 Å². The maximum Gasteiger partial charge on any atom is 0.338 e. The lowest BCUT2D eigenvalue weighted by Gasteiger charge is -2.29. The largest absolute Gasteiger partial charge is 0.496 e. The average molecular weight is 394 g/mol. The summed E-state index contributed by atoms with van der Waals surface area (Å²) in [5.74, 6) is 0.352. The molecule has 0 amide bonds. The molecule has 0 fully saturated rings. The SMILES string of the molecule is COc1c(C(C)(C)C)cc(C=CC(=O)C(C)(C)P(=O)(O)O)c2c1CCCC2.